The van der Waals surface area contributed by atoms with Crippen LogP contribution in [-0.2, 0) is 4.74 Å². The molecule has 0 aliphatic heterocycles. The number of hydrogen-bond acceptors (Lipinski definition) is 4. The minimum absolute atomic E-state index is 0.411. The molecule has 5 heteroatoms. The lowest BCUT2D eigenvalue weighted by Crippen LogP contribution is -2.04. The average molecular weight is 351 g/mol. The molecule has 0 N–H and O–H groups in total. The van der Waals surface area contributed by atoms with E-state index in [1.54, 1.807) is 26.4 Å². The van der Waals surface area contributed by atoms with E-state index in [1.807, 2.05) is 24.3 Å². The van der Waals surface area contributed by atoms with E-state index in [2.05, 4.69) is 15.9 Å². The zero-order chi connectivity index (χ0) is 15.4. The zero-order valence-electron chi connectivity index (χ0n) is 12.0. The molecule has 0 saturated heterocycles. The SMILES string of the molecule is COC(=O)c1cc(OC)ccc1-c1ccc(OC)cc1Br. The molecule has 0 heterocycles. The first-order chi connectivity index (χ1) is 10.1. The first-order valence-electron chi connectivity index (χ1n) is 6.21. The molecule has 110 valence electrons. The van der Waals surface area contributed by atoms with E-state index < -0.39 is 5.97 Å². The van der Waals surface area contributed by atoms with Gasteiger partial charge in [-0.1, -0.05) is 15.9 Å². The quantitative estimate of drug-likeness (QED) is 0.784. The van der Waals surface area contributed by atoms with Crippen LogP contribution in [0.2, 0.25) is 0 Å². The van der Waals surface area contributed by atoms with Crippen LogP contribution in [0.3, 0.4) is 0 Å². The minimum atomic E-state index is -0.411. The van der Waals surface area contributed by atoms with Crippen LogP contribution >= 0.6 is 15.9 Å². The van der Waals surface area contributed by atoms with Gasteiger partial charge in [-0.3, -0.25) is 0 Å². The standard InChI is InChI=1S/C16H15BrO4/c1-19-10-4-6-12(14(8-10)16(18)21-3)13-7-5-11(20-2)9-15(13)17/h4-9H,1-3H3. The molecule has 0 atom stereocenters. The molecular formula is C16H15BrO4. The van der Waals surface area contributed by atoms with E-state index in [-0.39, 0.29) is 0 Å². The van der Waals surface area contributed by atoms with Gasteiger partial charge in [0.15, 0.2) is 0 Å². The summed E-state index contributed by atoms with van der Waals surface area (Å²) < 4.78 is 16.0. The molecule has 0 aromatic heterocycles. The molecular weight excluding hydrogens is 336 g/mol. The van der Waals surface area contributed by atoms with E-state index in [9.17, 15) is 4.79 Å². The molecule has 0 aliphatic rings. The fourth-order valence-electron chi connectivity index (χ4n) is 2.01. The Balaban J connectivity index is 2.60. The number of halogens is 1. The highest BCUT2D eigenvalue weighted by molar-refractivity contribution is 9.10. The number of carbonyl (C=O) groups excluding carboxylic acids is 1. The summed E-state index contributed by atoms with van der Waals surface area (Å²) in [4.78, 5) is 12.0. The monoisotopic (exact) mass is 350 g/mol. The predicted molar refractivity (Wildman–Crippen MR) is 84.0 cm³/mol. The lowest BCUT2D eigenvalue weighted by Gasteiger charge is -2.12. The number of benzene rings is 2. The van der Waals surface area contributed by atoms with Crippen molar-refractivity contribution in [3.8, 4) is 22.6 Å². The molecule has 0 fully saturated rings. The molecule has 0 saturated carbocycles. The first-order valence-corrected chi connectivity index (χ1v) is 7.00. The van der Waals surface area contributed by atoms with Gasteiger partial charge in [-0.05, 0) is 47.5 Å². The van der Waals surface area contributed by atoms with Crippen molar-refractivity contribution in [1.82, 2.24) is 0 Å². The van der Waals surface area contributed by atoms with Crippen LogP contribution in [-0.4, -0.2) is 27.3 Å². The minimum Gasteiger partial charge on any atom is -0.497 e. The Hall–Kier alpha value is -2.01. The van der Waals surface area contributed by atoms with Crippen molar-refractivity contribution in [2.75, 3.05) is 21.3 Å². The normalized spacial score (nSPS) is 10.1. The predicted octanol–water partition coefficient (Wildman–Crippen LogP) is 3.92. The molecule has 2 rings (SSSR count). The molecule has 0 radical (unpaired) electrons. The van der Waals surface area contributed by atoms with Gasteiger partial charge in [0, 0.05) is 4.47 Å². The topological polar surface area (TPSA) is 44.8 Å². The van der Waals surface area contributed by atoms with Crippen LogP contribution in [0.15, 0.2) is 40.9 Å². The summed E-state index contributed by atoms with van der Waals surface area (Å²) >= 11 is 3.50. The van der Waals surface area contributed by atoms with Gasteiger partial charge >= 0.3 is 5.97 Å². The maximum Gasteiger partial charge on any atom is 0.338 e. The number of esters is 1. The van der Waals surface area contributed by atoms with Gasteiger partial charge < -0.3 is 14.2 Å². The summed E-state index contributed by atoms with van der Waals surface area (Å²) in [6.07, 6.45) is 0. The summed E-state index contributed by atoms with van der Waals surface area (Å²) in [5.41, 5.74) is 2.08. The highest BCUT2D eigenvalue weighted by Crippen LogP contribution is 2.35. The maximum atomic E-state index is 12.0. The van der Waals surface area contributed by atoms with Gasteiger partial charge in [-0.25, -0.2) is 4.79 Å². The van der Waals surface area contributed by atoms with Gasteiger partial charge in [0.05, 0.1) is 26.9 Å². The molecule has 0 unspecified atom stereocenters. The van der Waals surface area contributed by atoms with Gasteiger partial charge in [0.25, 0.3) is 0 Å². The Morgan fingerprint density at radius 2 is 1.48 bits per heavy atom. The summed E-state index contributed by atoms with van der Waals surface area (Å²) in [6, 6.07) is 10.9. The van der Waals surface area contributed by atoms with Crippen LogP contribution < -0.4 is 9.47 Å². The number of ether oxygens (including phenoxy) is 3. The Morgan fingerprint density at radius 3 is 2.00 bits per heavy atom. The fourth-order valence-corrected chi connectivity index (χ4v) is 2.58. The average Bonchev–Trinajstić information content (AvgIpc) is 2.53. The van der Waals surface area contributed by atoms with Gasteiger partial charge in [-0.2, -0.15) is 0 Å². The smallest absolute Gasteiger partial charge is 0.338 e. The van der Waals surface area contributed by atoms with Crippen LogP contribution in [0.4, 0.5) is 0 Å². The Bertz CT molecular complexity index is 667. The summed E-state index contributed by atoms with van der Waals surface area (Å²) in [5, 5.41) is 0. The molecule has 0 spiro atoms. The van der Waals surface area contributed by atoms with Crippen LogP contribution in [0, 0.1) is 0 Å². The molecule has 2 aromatic rings. The van der Waals surface area contributed by atoms with Crippen molar-refractivity contribution in [1.29, 1.82) is 0 Å². The first kappa shape index (κ1) is 15.4. The van der Waals surface area contributed by atoms with Gasteiger partial charge in [-0.15, -0.1) is 0 Å². The molecule has 0 aliphatic carbocycles. The van der Waals surface area contributed by atoms with E-state index >= 15 is 0 Å². The van der Waals surface area contributed by atoms with Crippen LogP contribution in [0.25, 0.3) is 11.1 Å². The van der Waals surface area contributed by atoms with Crippen molar-refractivity contribution in [3.05, 3.63) is 46.4 Å². The highest BCUT2D eigenvalue weighted by atomic mass is 79.9. The van der Waals surface area contributed by atoms with E-state index in [0.29, 0.717) is 11.3 Å². The summed E-state index contributed by atoms with van der Waals surface area (Å²) in [6.45, 7) is 0. The van der Waals surface area contributed by atoms with Gasteiger partial charge in [0.1, 0.15) is 11.5 Å². The molecule has 0 bridgehead atoms. The number of hydrogen-bond donors (Lipinski definition) is 0. The molecule has 4 nitrogen and oxygen atoms in total. The van der Waals surface area contributed by atoms with Crippen molar-refractivity contribution in [2.24, 2.45) is 0 Å². The number of carbonyl (C=O) groups is 1. The maximum absolute atomic E-state index is 12.0. The molecule has 21 heavy (non-hydrogen) atoms. The number of methoxy groups -OCH3 is 3. The Kier molecular flexibility index (Phi) is 4.85. The largest absolute Gasteiger partial charge is 0.497 e. The van der Waals surface area contributed by atoms with Crippen LogP contribution in [0.1, 0.15) is 10.4 Å². The van der Waals surface area contributed by atoms with Crippen molar-refractivity contribution in [3.63, 3.8) is 0 Å². The Labute approximate surface area is 131 Å². The molecule has 0 amide bonds. The third kappa shape index (κ3) is 3.19. The van der Waals surface area contributed by atoms with Crippen LogP contribution in [0.5, 0.6) is 11.5 Å². The van der Waals surface area contributed by atoms with E-state index in [0.717, 1.165) is 21.3 Å². The summed E-state index contributed by atoms with van der Waals surface area (Å²) in [7, 11) is 4.52. The third-order valence-electron chi connectivity index (χ3n) is 3.10. The highest BCUT2D eigenvalue weighted by Gasteiger charge is 2.16. The van der Waals surface area contributed by atoms with E-state index in [1.165, 1.54) is 7.11 Å². The van der Waals surface area contributed by atoms with Crippen molar-refractivity contribution < 1.29 is 19.0 Å². The number of rotatable bonds is 4. The Morgan fingerprint density at radius 1 is 0.905 bits per heavy atom. The summed E-state index contributed by atoms with van der Waals surface area (Å²) in [5.74, 6) is 0.925. The van der Waals surface area contributed by atoms with Crippen molar-refractivity contribution >= 4 is 21.9 Å². The van der Waals surface area contributed by atoms with Crippen molar-refractivity contribution in [2.45, 2.75) is 0 Å². The second kappa shape index (κ2) is 6.63. The van der Waals surface area contributed by atoms with E-state index in [4.69, 9.17) is 14.2 Å². The lowest BCUT2D eigenvalue weighted by atomic mass is 9.99. The van der Waals surface area contributed by atoms with Gasteiger partial charge in [0.2, 0.25) is 0 Å². The third-order valence-corrected chi connectivity index (χ3v) is 3.75. The zero-order valence-corrected chi connectivity index (χ0v) is 13.6. The lowest BCUT2D eigenvalue weighted by molar-refractivity contribution is 0.0601. The second-order valence-electron chi connectivity index (χ2n) is 4.25. The fraction of sp³-hybridized carbons (Fsp3) is 0.188. The molecule has 2 aromatic carbocycles. The second-order valence-corrected chi connectivity index (χ2v) is 5.10.